The average Bonchev–Trinajstić information content (AvgIpc) is 3.16. The quantitative estimate of drug-likeness (QED) is 0.905. The number of allylic oxidation sites excluding steroid dienone is 2. The summed E-state index contributed by atoms with van der Waals surface area (Å²) in [5.74, 6) is 1.53. The Morgan fingerprint density at radius 2 is 2.20 bits per heavy atom. The summed E-state index contributed by atoms with van der Waals surface area (Å²) in [4.78, 5) is 13.9. The number of hydrogen-bond acceptors (Lipinski definition) is 4. The minimum Gasteiger partial charge on any atom is -0.481 e. The van der Waals surface area contributed by atoms with E-state index in [9.17, 15) is 4.79 Å². The van der Waals surface area contributed by atoms with E-state index in [0.29, 0.717) is 5.57 Å². The molecule has 126 valence electrons. The van der Waals surface area contributed by atoms with Crippen LogP contribution in [0.2, 0.25) is 0 Å². The zero-order valence-electron chi connectivity index (χ0n) is 14.0. The van der Waals surface area contributed by atoms with Crippen molar-refractivity contribution in [3.8, 4) is 5.75 Å². The number of carbonyl (C=O) groups excluding carboxylic acids is 1. The van der Waals surface area contributed by atoms with Gasteiger partial charge in [-0.1, -0.05) is 6.08 Å². The van der Waals surface area contributed by atoms with Crippen LogP contribution in [0.4, 0.5) is 11.5 Å². The van der Waals surface area contributed by atoms with Crippen LogP contribution in [0, 0.1) is 0 Å². The number of nitrogens with one attached hydrogen (secondary N) is 2. The summed E-state index contributed by atoms with van der Waals surface area (Å²) < 4.78 is 6.01. The number of likely N-dealkylation sites (N-methyl/N-ethyl adjacent to an activating group) is 1. The molecular formula is C19H18N4O2. The number of aromatic amines is 1. The van der Waals surface area contributed by atoms with Gasteiger partial charge >= 0.3 is 0 Å². The van der Waals surface area contributed by atoms with E-state index < -0.39 is 0 Å². The van der Waals surface area contributed by atoms with E-state index in [2.05, 4.69) is 15.5 Å². The second-order valence-electron chi connectivity index (χ2n) is 6.14. The van der Waals surface area contributed by atoms with Gasteiger partial charge in [0.25, 0.3) is 5.91 Å². The lowest BCUT2D eigenvalue weighted by Crippen LogP contribution is -2.22. The van der Waals surface area contributed by atoms with Gasteiger partial charge in [0, 0.05) is 48.8 Å². The lowest BCUT2D eigenvalue weighted by Gasteiger charge is -2.11. The number of fused-ring (bicyclic) bond motifs is 3. The summed E-state index contributed by atoms with van der Waals surface area (Å²) >= 11 is 0. The highest BCUT2D eigenvalue weighted by atomic mass is 16.5. The Kier molecular flexibility index (Phi) is 3.65. The summed E-state index contributed by atoms with van der Waals surface area (Å²) in [6.45, 7) is 0. The van der Waals surface area contributed by atoms with Gasteiger partial charge in [0.15, 0.2) is 5.82 Å². The standard InChI is InChI=1S/C19H18N4O2/c1-23(2)19(24)12-4-3-5-16-14(10-12)15-11-13(6-7-17(15)25-16)21-18-8-9-20-22-18/h3-11,16H,1-2H3,(H2,20,21,22). The number of ether oxygens (including phenoxy) is 1. The van der Waals surface area contributed by atoms with E-state index in [4.69, 9.17) is 4.74 Å². The van der Waals surface area contributed by atoms with Crippen molar-refractivity contribution in [2.75, 3.05) is 19.4 Å². The fraction of sp³-hybridized carbons (Fsp3) is 0.158. The molecule has 1 aromatic carbocycles. The topological polar surface area (TPSA) is 70.2 Å². The summed E-state index contributed by atoms with van der Waals surface area (Å²) in [6, 6.07) is 7.76. The van der Waals surface area contributed by atoms with Gasteiger partial charge in [0.1, 0.15) is 11.9 Å². The Balaban J connectivity index is 1.71. The number of carbonyl (C=O) groups is 1. The molecule has 6 nitrogen and oxygen atoms in total. The molecule has 25 heavy (non-hydrogen) atoms. The fourth-order valence-electron chi connectivity index (χ4n) is 2.94. The van der Waals surface area contributed by atoms with Crippen molar-refractivity contribution in [2.45, 2.75) is 6.10 Å². The molecule has 2 aromatic rings. The van der Waals surface area contributed by atoms with Crippen molar-refractivity contribution < 1.29 is 9.53 Å². The second-order valence-corrected chi connectivity index (χ2v) is 6.14. The zero-order chi connectivity index (χ0) is 17.4. The molecular weight excluding hydrogens is 316 g/mol. The second kappa shape index (κ2) is 5.98. The molecule has 2 heterocycles. The molecule has 0 spiro atoms. The van der Waals surface area contributed by atoms with Crippen molar-refractivity contribution >= 4 is 23.0 Å². The van der Waals surface area contributed by atoms with Crippen molar-refractivity contribution in [3.63, 3.8) is 0 Å². The van der Waals surface area contributed by atoms with Crippen LogP contribution in [0.5, 0.6) is 5.75 Å². The SMILES string of the molecule is CN(C)C(=O)C1=CC=CC2Oc3ccc(Nc4cc[nH]n4)cc3C2=C1. The zero-order valence-corrected chi connectivity index (χ0v) is 14.0. The molecule has 2 N–H and O–H groups in total. The molecule has 4 rings (SSSR count). The van der Waals surface area contributed by atoms with Crippen molar-refractivity contribution in [1.29, 1.82) is 0 Å². The first-order chi connectivity index (χ1) is 12.1. The highest BCUT2D eigenvalue weighted by Gasteiger charge is 2.29. The third-order valence-electron chi connectivity index (χ3n) is 4.15. The van der Waals surface area contributed by atoms with Crippen molar-refractivity contribution in [3.05, 3.63) is 65.9 Å². The van der Waals surface area contributed by atoms with E-state index in [-0.39, 0.29) is 12.0 Å². The van der Waals surface area contributed by atoms with Crippen LogP contribution in [0.25, 0.3) is 5.57 Å². The molecule has 2 aliphatic rings. The number of rotatable bonds is 3. The smallest absolute Gasteiger partial charge is 0.253 e. The molecule has 1 aliphatic carbocycles. The third kappa shape index (κ3) is 2.82. The molecule has 1 aliphatic heterocycles. The molecule has 0 bridgehead atoms. The number of nitrogens with zero attached hydrogens (tertiary/aromatic N) is 2. The number of hydrogen-bond donors (Lipinski definition) is 2. The van der Waals surface area contributed by atoms with E-state index in [1.807, 2.05) is 48.6 Å². The van der Waals surface area contributed by atoms with Crippen LogP contribution in [0.3, 0.4) is 0 Å². The number of H-pyrrole nitrogens is 1. The molecule has 6 heteroatoms. The van der Waals surface area contributed by atoms with Gasteiger partial charge in [-0.25, -0.2) is 0 Å². The molecule has 1 aromatic heterocycles. The predicted molar refractivity (Wildman–Crippen MR) is 96.6 cm³/mol. The first kappa shape index (κ1) is 15.3. The Bertz CT molecular complexity index is 908. The van der Waals surface area contributed by atoms with E-state index in [0.717, 1.165) is 28.4 Å². The summed E-state index contributed by atoms with van der Waals surface area (Å²) in [7, 11) is 3.50. The van der Waals surface area contributed by atoms with E-state index >= 15 is 0 Å². The molecule has 0 saturated heterocycles. The number of benzene rings is 1. The largest absolute Gasteiger partial charge is 0.481 e. The summed E-state index contributed by atoms with van der Waals surface area (Å²) in [6.07, 6.45) is 9.15. The monoisotopic (exact) mass is 334 g/mol. The lowest BCUT2D eigenvalue weighted by atomic mass is 10.00. The highest BCUT2D eigenvalue weighted by Crippen LogP contribution is 2.41. The molecule has 1 unspecified atom stereocenters. The van der Waals surface area contributed by atoms with Gasteiger partial charge in [-0.3, -0.25) is 9.89 Å². The minimum atomic E-state index is -0.181. The Morgan fingerprint density at radius 3 is 2.96 bits per heavy atom. The number of anilines is 2. The summed E-state index contributed by atoms with van der Waals surface area (Å²) in [5, 5.41) is 10.1. The van der Waals surface area contributed by atoms with Gasteiger partial charge in [-0.2, -0.15) is 5.10 Å². The minimum absolute atomic E-state index is 0.0305. The Labute approximate surface area is 145 Å². The maximum atomic E-state index is 12.3. The van der Waals surface area contributed by atoms with Crippen molar-refractivity contribution in [1.82, 2.24) is 15.1 Å². The first-order valence-corrected chi connectivity index (χ1v) is 8.01. The van der Waals surface area contributed by atoms with Gasteiger partial charge in [0.2, 0.25) is 0 Å². The fourth-order valence-corrected chi connectivity index (χ4v) is 2.94. The van der Waals surface area contributed by atoms with Gasteiger partial charge in [-0.05, 0) is 36.4 Å². The Hall–Kier alpha value is -3.28. The van der Waals surface area contributed by atoms with Crippen LogP contribution in [-0.2, 0) is 4.79 Å². The maximum Gasteiger partial charge on any atom is 0.253 e. The lowest BCUT2D eigenvalue weighted by molar-refractivity contribution is -0.124. The van der Waals surface area contributed by atoms with Crippen LogP contribution in [0.1, 0.15) is 5.56 Å². The highest BCUT2D eigenvalue weighted by molar-refractivity contribution is 6.00. The molecule has 0 saturated carbocycles. The van der Waals surface area contributed by atoms with Gasteiger partial charge in [-0.15, -0.1) is 0 Å². The van der Waals surface area contributed by atoms with Gasteiger partial charge < -0.3 is 15.0 Å². The van der Waals surface area contributed by atoms with Crippen LogP contribution in [-0.4, -0.2) is 41.2 Å². The molecule has 0 fully saturated rings. The normalized spacial score (nSPS) is 17.6. The maximum absolute atomic E-state index is 12.3. The van der Waals surface area contributed by atoms with E-state index in [1.54, 1.807) is 25.2 Å². The van der Waals surface area contributed by atoms with Crippen LogP contribution >= 0.6 is 0 Å². The van der Waals surface area contributed by atoms with Gasteiger partial charge in [0.05, 0.1) is 0 Å². The van der Waals surface area contributed by atoms with Crippen molar-refractivity contribution in [2.24, 2.45) is 0 Å². The Morgan fingerprint density at radius 1 is 1.32 bits per heavy atom. The summed E-state index contributed by atoms with van der Waals surface area (Å²) in [5.41, 5.74) is 3.51. The predicted octanol–water partition coefficient (Wildman–Crippen LogP) is 2.88. The number of amides is 1. The first-order valence-electron chi connectivity index (χ1n) is 8.01. The third-order valence-corrected chi connectivity index (χ3v) is 4.15. The molecule has 1 amide bonds. The van der Waals surface area contributed by atoms with Crippen LogP contribution in [0.15, 0.2) is 60.3 Å². The molecule has 0 radical (unpaired) electrons. The number of aromatic nitrogens is 2. The van der Waals surface area contributed by atoms with E-state index in [1.165, 1.54) is 0 Å². The molecule has 1 atom stereocenters. The van der Waals surface area contributed by atoms with Crippen LogP contribution < -0.4 is 10.1 Å². The average molecular weight is 334 g/mol.